The van der Waals surface area contributed by atoms with Gasteiger partial charge < -0.3 is 10.4 Å². The Morgan fingerprint density at radius 1 is 1.00 bits per heavy atom. The minimum atomic E-state index is -3.30. The van der Waals surface area contributed by atoms with Gasteiger partial charge in [-0.1, -0.05) is 19.1 Å². The Bertz CT molecular complexity index is 841. The van der Waals surface area contributed by atoms with Gasteiger partial charge in [0.15, 0.2) is 9.84 Å². The maximum Gasteiger partial charge on any atom is 0.336 e. The molecule has 0 saturated heterocycles. The summed E-state index contributed by atoms with van der Waals surface area (Å²) in [5, 5.41) is 11.6. The molecule has 2 aromatic rings. The molecule has 0 unspecified atom stereocenters. The second-order valence-electron chi connectivity index (χ2n) is 4.73. The standard InChI is InChI=1S/C16H15NO5S/c1-2-23(21,22)12-9-7-11(8-10-12)17-15(18)13-5-3-4-6-14(13)16(19)20/h3-10H,2H2,1H3,(H,17,18)(H,19,20). The van der Waals surface area contributed by atoms with Gasteiger partial charge >= 0.3 is 5.97 Å². The fourth-order valence-corrected chi connectivity index (χ4v) is 2.86. The van der Waals surface area contributed by atoms with Crippen molar-refractivity contribution in [1.29, 1.82) is 0 Å². The molecule has 0 aliphatic rings. The van der Waals surface area contributed by atoms with E-state index in [0.29, 0.717) is 5.69 Å². The van der Waals surface area contributed by atoms with Crippen LogP contribution >= 0.6 is 0 Å². The molecule has 1 amide bonds. The zero-order chi connectivity index (χ0) is 17.0. The van der Waals surface area contributed by atoms with Crippen molar-refractivity contribution in [2.24, 2.45) is 0 Å². The summed E-state index contributed by atoms with van der Waals surface area (Å²) in [7, 11) is -3.30. The number of carbonyl (C=O) groups is 2. The highest BCUT2D eigenvalue weighted by Gasteiger charge is 2.16. The van der Waals surface area contributed by atoms with E-state index in [0.717, 1.165) is 0 Å². The van der Waals surface area contributed by atoms with Crippen LogP contribution in [0.2, 0.25) is 0 Å². The molecule has 0 bridgehead atoms. The number of nitrogens with one attached hydrogen (secondary N) is 1. The van der Waals surface area contributed by atoms with Gasteiger partial charge in [-0.15, -0.1) is 0 Å². The largest absolute Gasteiger partial charge is 0.478 e. The molecular weight excluding hydrogens is 318 g/mol. The van der Waals surface area contributed by atoms with Gasteiger partial charge in [-0.25, -0.2) is 13.2 Å². The van der Waals surface area contributed by atoms with Gasteiger partial charge in [0.2, 0.25) is 0 Å². The number of sulfone groups is 1. The number of carboxylic acid groups (broad SMARTS) is 1. The first kappa shape index (κ1) is 16.7. The Kier molecular flexibility index (Phi) is 4.80. The third kappa shape index (κ3) is 3.75. The molecule has 120 valence electrons. The van der Waals surface area contributed by atoms with E-state index in [1.807, 2.05) is 0 Å². The van der Waals surface area contributed by atoms with Crippen LogP contribution in [0.1, 0.15) is 27.6 Å². The Hall–Kier alpha value is -2.67. The zero-order valence-corrected chi connectivity index (χ0v) is 13.1. The van der Waals surface area contributed by atoms with Gasteiger partial charge in [-0.2, -0.15) is 0 Å². The lowest BCUT2D eigenvalue weighted by molar-refractivity contribution is 0.0692. The third-order valence-electron chi connectivity index (χ3n) is 3.25. The summed E-state index contributed by atoms with van der Waals surface area (Å²) in [4.78, 5) is 23.5. The highest BCUT2D eigenvalue weighted by atomic mass is 32.2. The van der Waals surface area contributed by atoms with Crippen molar-refractivity contribution in [2.45, 2.75) is 11.8 Å². The Balaban J connectivity index is 2.23. The summed E-state index contributed by atoms with van der Waals surface area (Å²) >= 11 is 0. The number of carbonyl (C=O) groups excluding carboxylic acids is 1. The maximum absolute atomic E-state index is 12.2. The average Bonchev–Trinajstić information content (AvgIpc) is 2.55. The van der Waals surface area contributed by atoms with Crippen LogP contribution in [0, 0.1) is 0 Å². The van der Waals surface area contributed by atoms with Crippen LogP contribution in [0.4, 0.5) is 5.69 Å². The van der Waals surface area contributed by atoms with Crippen molar-refractivity contribution in [1.82, 2.24) is 0 Å². The normalized spacial score (nSPS) is 11.0. The fraction of sp³-hybridized carbons (Fsp3) is 0.125. The van der Waals surface area contributed by atoms with E-state index < -0.39 is 21.7 Å². The maximum atomic E-state index is 12.2. The summed E-state index contributed by atoms with van der Waals surface area (Å²) in [6, 6.07) is 11.6. The average molecular weight is 333 g/mol. The van der Waals surface area contributed by atoms with Crippen LogP contribution in [-0.2, 0) is 9.84 Å². The number of benzene rings is 2. The van der Waals surface area contributed by atoms with Crippen LogP contribution in [-0.4, -0.2) is 31.2 Å². The van der Waals surface area contributed by atoms with Gasteiger partial charge in [-0.05, 0) is 36.4 Å². The van der Waals surface area contributed by atoms with Crippen LogP contribution in [0.5, 0.6) is 0 Å². The second-order valence-corrected chi connectivity index (χ2v) is 7.01. The van der Waals surface area contributed by atoms with Crippen molar-refractivity contribution in [2.75, 3.05) is 11.1 Å². The molecule has 7 heteroatoms. The molecule has 2 rings (SSSR count). The van der Waals surface area contributed by atoms with E-state index in [-0.39, 0.29) is 21.8 Å². The molecular formula is C16H15NO5S. The van der Waals surface area contributed by atoms with E-state index in [2.05, 4.69) is 5.32 Å². The number of hydrogen-bond donors (Lipinski definition) is 2. The first-order valence-corrected chi connectivity index (χ1v) is 8.47. The summed E-state index contributed by atoms with van der Waals surface area (Å²) in [5.41, 5.74) is 0.311. The lowest BCUT2D eigenvalue weighted by Gasteiger charge is -2.08. The van der Waals surface area contributed by atoms with Crippen molar-refractivity contribution in [3.05, 3.63) is 59.7 Å². The Labute approximate surface area is 133 Å². The van der Waals surface area contributed by atoms with Crippen LogP contribution in [0.25, 0.3) is 0 Å². The minimum Gasteiger partial charge on any atom is -0.478 e. The molecule has 0 fully saturated rings. The van der Waals surface area contributed by atoms with Gasteiger partial charge in [0.05, 0.1) is 21.8 Å². The molecule has 23 heavy (non-hydrogen) atoms. The molecule has 2 N–H and O–H groups in total. The molecule has 0 spiro atoms. The fourth-order valence-electron chi connectivity index (χ4n) is 1.98. The second kappa shape index (κ2) is 6.62. The van der Waals surface area contributed by atoms with Crippen molar-refractivity contribution in [3.63, 3.8) is 0 Å². The first-order valence-electron chi connectivity index (χ1n) is 6.81. The molecule has 0 aromatic heterocycles. The van der Waals surface area contributed by atoms with Crippen molar-refractivity contribution >= 4 is 27.4 Å². The van der Waals surface area contributed by atoms with Crippen molar-refractivity contribution < 1.29 is 23.1 Å². The molecule has 0 radical (unpaired) electrons. The summed E-state index contributed by atoms with van der Waals surface area (Å²) in [6.07, 6.45) is 0. The van der Waals surface area contributed by atoms with Crippen LogP contribution < -0.4 is 5.32 Å². The van der Waals surface area contributed by atoms with E-state index in [1.54, 1.807) is 13.0 Å². The predicted molar refractivity (Wildman–Crippen MR) is 85.5 cm³/mol. The number of anilines is 1. The Morgan fingerprint density at radius 2 is 1.57 bits per heavy atom. The van der Waals surface area contributed by atoms with Gasteiger partial charge in [0, 0.05) is 5.69 Å². The van der Waals surface area contributed by atoms with E-state index in [9.17, 15) is 18.0 Å². The van der Waals surface area contributed by atoms with Gasteiger partial charge in [0.25, 0.3) is 5.91 Å². The lowest BCUT2D eigenvalue weighted by Crippen LogP contribution is -2.16. The number of aromatic carboxylic acids is 1. The predicted octanol–water partition coefficient (Wildman–Crippen LogP) is 2.43. The molecule has 0 heterocycles. The first-order chi connectivity index (χ1) is 10.8. The molecule has 0 aliphatic carbocycles. The smallest absolute Gasteiger partial charge is 0.336 e. The molecule has 0 atom stereocenters. The molecule has 6 nitrogen and oxygen atoms in total. The highest BCUT2D eigenvalue weighted by molar-refractivity contribution is 7.91. The zero-order valence-electron chi connectivity index (χ0n) is 12.3. The molecule has 2 aromatic carbocycles. The minimum absolute atomic E-state index is 0.00923. The van der Waals surface area contributed by atoms with E-state index in [1.165, 1.54) is 42.5 Å². The van der Waals surface area contributed by atoms with E-state index >= 15 is 0 Å². The van der Waals surface area contributed by atoms with Gasteiger partial charge in [-0.3, -0.25) is 4.79 Å². The number of amides is 1. The lowest BCUT2D eigenvalue weighted by atomic mass is 10.1. The highest BCUT2D eigenvalue weighted by Crippen LogP contribution is 2.17. The summed E-state index contributed by atoms with van der Waals surface area (Å²) in [6.45, 7) is 1.55. The number of carboxylic acids is 1. The summed E-state index contributed by atoms with van der Waals surface area (Å²) in [5.74, 6) is -1.78. The summed E-state index contributed by atoms with van der Waals surface area (Å²) < 4.78 is 23.4. The topological polar surface area (TPSA) is 101 Å². The quantitative estimate of drug-likeness (QED) is 0.875. The Morgan fingerprint density at radius 3 is 2.09 bits per heavy atom. The SMILES string of the molecule is CCS(=O)(=O)c1ccc(NC(=O)c2ccccc2C(=O)O)cc1. The van der Waals surface area contributed by atoms with Gasteiger partial charge in [0.1, 0.15) is 0 Å². The van der Waals surface area contributed by atoms with Crippen molar-refractivity contribution in [3.8, 4) is 0 Å². The number of rotatable bonds is 5. The monoisotopic (exact) mass is 333 g/mol. The molecule has 0 aliphatic heterocycles. The van der Waals surface area contributed by atoms with Crippen LogP contribution in [0.3, 0.4) is 0 Å². The van der Waals surface area contributed by atoms with E-state index in [4.69, 9.17) is 5.11 Å². The third-order valence-corrected chi connectivity index (χ3v) is 5.00. The van der Waals surface area contributed by atoms with Crippen LogP contribution in [0.15, 0.2) is 53.4 Å². The number of hydrogen-bond acceptors (Lipinski definition) is 4. The molecule has 0 saturated carbocycles.